The number of anilines is 1. The predicted molar refractivity (Wildman–Crippen MR) is 70.6 cm³/mol. The summed E-state index contributed by atoms with van der Waals surface area (Å²) in [6, 6.07) is 2.36. The number of amides is 1. The van der Waals surface area contributed by atoms with Crippen LogP contribution in [0.2, 0.25) is 0 Å². The van der Waals surface area contributed by atoms with Crippen molar-refractivity contribution in [3.8, 4) is 0 Å². The van der Waals surface area contributed by atoms with Crippen molar-refractivity contribution in [3.63, 3.8) is 0 Å². The van der Waals surface area contributed by atoms with E-state index < -0.39 is 0 Å². The van der Waals surface area contributed by atoms with E-state index in [2.05, 4.69) is 20.6 Å². The van der Waals surface area contributed by atoms with Crippen molar-refractivity contribution >= 4 is 11.9 Å². The first kappa shape index (κ1) is 12.8. The lowest BCUT2D eigenvalue weighted by Gasteiger charge is -2.12. The molecule has 0 saturated heterocycles. The molecule has 2 rings (SSSR count). The number of aromatic nitrogens is 2. The molecule has 0 radical (unpaired) electrons. The van der Waals surface area contributed by atoms with E-state index >= 15 is 0 Å². The second kappa shape index (κ2) is 5.33. The number of nitrogens with one attached hydrogen (secondary N) is 2. The van der Waals surface area contributed by atoms with Crippen LogP contribution in [0.15, 0.2) is 6.07 Å². The van der Waals surface area contributed by atoms with Gasteiger partial charge in [0.05, 0.1) is 0 Å². The third kappa shape index (κ3) is 3.42. The van der Waals surface area contributed by atoms with Gasteiger partial charge in [-0.3, -0.25) is 4.79 Å². The maximum atomic E-state index is 12.0. The fraction of sp³-hybridized carbons (Fsp3) is 0.615. The molecule has 1 aromatic heterocycles. The van der Waals surface area contributed by atoms with Crippen LogP contribution < -0.4 is 10.6 Å². The summed E-state index contributed by atoms with van der Waals surface area (Å²) in [5, 5.41) is 6.13. The van der Waals surface area contributed by atoms with Gasteiger partial charge in [0.25, 0.3) is 5.91 Å². The van der Waals surface area contributed by atoms with Crippen molar-refractivity contribution in [3.05, 3.63) is 17.5 Å². The molecule has 1 unspecified atom stereocenters. The second-order valence-electron chi connectivity index (χ2n) is 4.92. The first-order valence-electron chi connectivity index (χ1n) is 6.51. The number of rotatable bonds is 5. The van der Waals surface area contributed by atoms with E-state index in [0.717, 1.165) is 25.0 Å². The number of nitrogens with zero attached hydrogens (tertiary/aromatic N) is 2. The molecule has 1 saturated carbocycles. The van der Waals surface area contributed by atoms with E-state index in [4.69, 9.17) is 0 Å². The Bertz CT molecular complexity index is 443. The fourth-order valence-corrected chi connectivity index (χ4v) is 1.56. The molecule has 1 aliphatic rings. The normalized spacial score (nSPS) is 16.2. The van der Waals surface area contributed by atoms with Crippen LogP contribution in [0.3, 0.4) is 0 Å². The largest absolute Gasteiger partial charge is 0.351 e. The van der Waals surface area contributed by atoms with Crippen LogP contribution in [-0.2, 0) is 0 Å². The molecule has 1 fully saturated rings. The first-order valence-corrected chi connectivity index (χ1v) is 6.51. The van der Waals surface area contributed by atoms with Gasteiger partial charge in [0.15, 0.2) is 0 Å². The average molecular weight is 248 g/mol. The van der Waals surface area contributed by atoms with Gasteiger partial charge in [-0.25, -0.2) is 9.97 Å². The minimum absolute atomic E-state index is 0.131. The Balaban J connectivity index is 2.10. The quantitative estimate of drug-likeness (QED) is 0.835. The van der Waals surface area contributed by atoms with Gasteiger partial charge in [0.1, 0.15) is 5.69 Å². The lowest BCUT2D eigenvalue weighted by Crippen LogP contribution is -2.32. The van der Waals surface area contributed by atoms with Crippen LogP contribution in [0.1, 0.15) is 49.3 Å². The Morgan fingerprint density at radius 2 is 2.22 bits per heavy atom. The lowest BCUT2D eigenvalue weighted by molar-refractivity contribution is 0.0934. The SMILES string of the molecule is CCC(C)NC(=O)c1cc(C)nc(NC2CC2)n1. The van der Waals surface area contributed by atoms with Crippen LogP contribution >= 0.6 is 0 Å². The monoisotopic (exact) mass is 248 g/mol. The van der Waals surface area contributed by atoms with Gasteiger partial charge < -0.3 is 10.6 Å². The Morgan fingerprint density at radius 1 is 1.50 bits per heavy atom. The lowest BCUT2D eigenvalue weighted by atomic mass is 10.2. The minimum Gasteiger partial charge on any atom is -0.351 e. The third-order valence-corrected chi connectivity index (χ3v) is 2.99. The zero-order valence-electron chi connectivity index (χ0n) is 11.2. The topological polar surface area (TPSA) is 66.9 Å². The van der Waals surface area contributed by atoms with Crippen LogP contribution in [0.5, 0.6) is 0 Å². The number of carbonyl (C=O) groups is 1. The minimum atomic E-state index is -0.131. The van der Waals surface area contributed by atoms with Gasteiger partial charge in [0.2, 0.25) is 5.95 Å². The molecule has 1 aromatic rings. The van der Waals surface area contributed by atoms with Crippen LogP contribution in [0.4, 0.5) is 5.95 Å². The van der Waals surface area contributed by atoms with Gasteiger partial charge in [0, 0.05) is 17.8 Å². The Hall–Kier alpha value is -1.65. The number of hydrogen-bond donors (Lipinski definition) is 2. The van der Waals surface area contributed by atoms with E-state index in [-0.39, 0.29) is 11.9 Å². The first-order chi connectivity index (χ1) is 8.58. The van der Waals surface area contributed by atoms with E-state index in [9.17, 15) is 4.79 Å². The molecule has 1 atom stereocenters. The summed E-state index contributed by atoms with van der Waals surface area (Å²) in [7, 11) is 0. The van der Waals surface area contributed by atoms with Crippen molar-refractivity contribution in [1.29, 1.82) is 0 Å². The van der Waals surface area contributed by atoms with Crippen molar-refractivity contribution in [2.24, 2.45) is 0 Å². The molecule has 98 valence electrons. The van der Waals surface area contributed by atoms with Gasteiger partial charge in [-0.05, 0) is 39.2 Å². The summed E-state index contributed by atoms with van der Waals surface area (Å²) in [5.41, 5.74) is 1.24. The van der Waals surface area contributed by atoms with Crippen molar-refractivity contribution in [2.75, 3.05) is 5.32 Å². The van der Waals surface area contributed by atoms with Crippen molar-refractivity contribution in [2.45, 2.75) is 52.1 Å². The molecule has 1 aliphatic carbocycles. The second-order valence-corrected chi connectivity index (χ2v) is 4.92. The highest BCUT2D eigenvalue weighted by Crippen LogP contribution is 2.23. The van der Waals surface area contributed by atoms with Crippen LogP contribution in [0, 0.1) is 6.92 Å². The summed E-state index contributed by atoms with van der Waals surface area (Å²) < 4.78 is 0. The molecule has 2 N–H and O–H groups in total. The maximum Gasteiger partial charge on any atom is 0.270 e. The molecule has 0 spiro atoms. The molecule has 1 heterocycles. The van der Waals surface area contributed by atoms with Gasteiger partial charge in [-0.2, -0.15) is 0 Å². The Kier molecular flexibility index (Phi) is 3.79. The Morgan fingerprint density at radius 3 is 2.83 bits per heavy atom. The highest BCUT2D eigenvalue weighted by molar-refractivity contribution is 5.92. The van der Waals surface area contributed by atoms with E-state index in [0.29, 0.717) is 17.7 Å². The standard InChI is InChI=1S/C13H20N4O/c1-4-8(2)14-12(18)11-7-9(3)15-13(17-11)16-10-5-6-10/h7-8,10H,4-6H2,1-3H3,(H,14,18)(H,15,16,17). The Labute approximate surface area is 107 Å². The highest BCUT2D eigenvalue weighted by atomic mass is 16.1. The van der Waals surface area contributed by atoms with Crippen LogP contribution in [0.25, 0.3) is 0 Å². The van der Waals surface area contributed by atoms with E-state index in [1.807, 2.05) is 20.8 Å². The molecule has 5 nitrogen and oxygen atoms in total. The van der Waals surface area contributed by atoms with Crippen molar-refractivity contribution in [1.82, 2.24) is 15.3 Å². The van der Waals surface area contributed by atoms with Crippen LogP contribution in [-0.4, -0.2) is 28.0 Å². The molecule has 5 heteroatoms. The maximum absolute atomic E-state index is 12.0. The number of aryl methyl sites for hydroxylation is 1. The zero-order valence-corrected chi connectivity index (χ0v) is 11.2. The average Bonchev–Trinajstić information content (AvgIpc) is 3.11. The highest BCUT2D eigenvalue weighted by Gasteiger charge is 2.22. The van der Waals surface area contributed by atoms with Gasteiger partial charge in [-0.15, -0.1) is 0 Å². The molecule has 18 heavy (non-hydrogen) atoms. The molecule has 0 aromatic carbocycles. The van der Waals surface area contributed by atoms with E-state index in [1.165, 1.54) is 0 Å². The van der Waals surface area contributed by atoms with Gasteiger partial charge in [-0.1, -0.05) is 6.92 Å². The van der Waals surface area contributed by atoms with E-state index in [1.54, 1.807) is 6.07 Å². The smallest absolute Gasteiger partial charge is 0.270 e. The molecule has 0 bridgehead atoms. The molecule has 1 amide bonds. The molecule has 0 aliphatic heterocycles. The fourth-order valence-electron chi connectivity index (χ4n) is 1.56. The third-order valence-electron chi connectivity index (χ3n) is 2.99. The molecular weight excluding hydrogens is 228 g/mol. The summed E-state index contributed by atoms with van der Waals surface area (Å²) in [4.78, 5) is 20.6. The zero-order chi connectivity index (χ0) is 13.1. The summed E-state index contributed by atoms with van der Waals surface area (Å²) >= 11 is 0. The summed E-state index contributed by atoms with van der Waals surface area (Å²) in [6.07, 6.45) is 3.22. The predicted octanol–water partition coefficient (Wildman–Crippen LogP) is 1.89. The number of hydrogen-bond acceptors (Lipinski definition) is 4. The summed E-state index contributed by atoms with van der Waals surface area (Å²) in [6.45, 7) is 5.89. The summed E-state index contributed by atoms with van der Waals surface area (Å²) in [5.74, 6) is 0.431. The van der Waals surface area contributed by atoms with Gasteiger partial charge >= 0.3 is 0 Å². The van der Waals surface area contributed by atoms with Crippen molar-refractivity contribution < 1.29 is 4.79 Å². The number of carbonyl (C=O) groups excluding carboxylic acids is 1. The molecular formula is C13H20N4O.